The number of benzene rings is 1. The summed E-state index contributed by atoms with van der Waals surface area (Å²) in [5.74, 6) is 6.30. The van der Waals surface area contributed by atoms with Crippen LogP contribution in [0.1, 0.15) is 24.8 Å². The van der Waals surface area contributed by atoms with Gasteiger partial charge in [0.2, 0.25) is 0 Å². The number of rotatable bonds is 3. The van der Waals surface area contributed by atoms with Crippen molar-refractivity contribution in [3.05, 3.63) is 42.8 Å². The molecule has 0 N–H and O–H groups in total. The quantitative estimate of drug-likeness (QED) is 0.484. The van der Waals surface area contributed by atoms with Crippen molar-refractivity contribution in [1.82, 2.24) is 0 Å². The van der Waals surface area contributed by atoms with E-state index in [0.717, 1.165) is 25.7 Å². The zero-order valence-corrected chi connectivity index (χ0v) is 7.92. The van der Waals surface area contributed by atoms with Crippen molar-refractivity contribution in [3.8, 4) is 11.8 Å². The van der Waals surface area contributed by atoms with Crippen molar-refractivity contribution in [1.29, 1.82) is 0 Å². The lowest BCUT2D eigenvalue weighted by Gasteiger charge is -1.91. The zero-order chi connectivity index (χ0) is 9.36. The molecule has 0 saturated heterocycles. The van der Waals surface area contributed by atoms with E-state index in [0.29, 0.717) is 0 Å². The van der Waals surface area contributed by atoms with Gasteiger partial charge in [0.15, 0.2) is 0 Å². The van der Waals surface area contributed by atoms with Crippen LogP contribution in [0, 0.1) is 18.8 Å². The fourth-order valence-electron chi connectivity index (χ4n) is 1.06. The first kappa shape index (κ1) is 9.86. The van der Waals surface area contributed by atoms with E-state index in [9.17, 15) is 0 Å². The van der Waals surface area contributed by atoms with E-state index in [2.05, 4.69) is 30.9 Å². The Morgan fingerprint density at radius 3 is 2.54 bits per heavy atom. The highest BCUT2D eigenvalue weighted by Crippen LogP contribution is 1.98. The third-order valence-corrected chi connectivity index (χ3v) is 1.81. The van der Waals surface area contributed by atoms with Crippen LogP contribution in [0.15, 0.2) is 30.3 Å². The summed E-state index contributed by atoms with van der Waals surface area (Å²) in [6.45, 7) is 3.77. The average molecular weight is 171 g/mol. The molecule has 0 spiro atoms. The molecule has 0 saturated carbocycles. The Kier molecular flexibility index (Phi) is 4.79. The summed E-state index contributed by atoms with van der Waals surface area (Å²) in [4.78, 5) is 0. The Hall–Kier alpha value is -1.22. The molecule has 1 aromatic carbocycles. The van der Waals surface area contributed by atoms with Crippen LogP contribution in [0.25, 0.3) is 0 Å². The Bertz CT molecular complexity index is 274. The molecular formula is C13H15. The maximum absolute atomic E-state index is 3.77. The molecule has 0 unspecified atom stereocenters. The minimum absolute atomic E-state index is 0.873. The van der Waals surface area contributed by atoms with Crippen molar-refractivity contribution in [2.45, 2.75) is 25.7 Å². The van der Waals surface area contributed by atoms with Gasteiger partial charge in [-0.3, -0.25) is 0 Å². The summed E-state index contributed by atoms with van der Waals surface area (Å²) in [7, 11) is 0. The third kappa shape index (κ3) is 4.38. The highest BCUT2D eigenvalue weighted by Gasteiger charge is 1.84. The van der Waals surface area contributed by atoms with E-state index in [1.165, 1.54) is 5.56 Å². The van der Waals surface area contributed by atoms with Gasteiger partial charge >= 0.3 is 0 Å². The minimum atomic E-state index is 0.873. The van der Waals surface area contributed by atoms with Crippen molar-refractivity contribution >= 4 is 0 Å². The number of unbranched alkanes of at least 4 members (excludes halogenated alkanes) is 2. The molecule has 0 aliphatic rings. The van der Waals surface area contributed by atoms with Crippen molar-refractivity contribution in [2.75, 3.05) is 0 Å². The highest BCUT2D eigenvalue weighted by atomic mass is 13.9. The van der Waals surface area contributed by atoms with Crippen LogP contribution in [0.5, 0.6) is 0 Å². The largest absolute Gasteiger partial charge is 0.103 e. The first-order valence-corrected chi connectivity index (χ1v) is 4.72. The molecule has 0 aliphatic carbocycles. The van der Waals surface area contributed by atoms with Gasteiger partial charge in [0.1, 0.15) is 0 Å². The van der Waals surface area contributed by atoms with Crippen LogP contribution in [-0.4, -0.2) is 0 Å². The van der Waals surface area contributed by atoms with Gasteiger partial charge in [-0.2, -0.15) is 0 Å². The lowest BCUT2D eigenvalue weighted by atomic mass is 10.1. The predicted molar refractivity (Wildman–Crippen MR) is 57.1 cm³/mol. The summed E-state index contributed by atoms with van der Waals surface area (Å²) >= 11 is 0. The second-order valence-corrected chi connectivity index (χ2v) is 2.97. The van der Waals surface area contributed by atoms with Gasteiger partial charge in [-0.15, -0.1) is 5.92 Å². The lowest BCUT2D eigenvalue weighted by Crippen LogP contribution is -1.78. The Morgan fingerprint density at radius 1 is 1.08 bits per heavy atom. The molecular weight excluding hydrogens is 156 g/mol. The molecule has 13 heavy (non-hydrogen) atoms. The van der Waals surface area contributed by atoms with Gasteiger partial charge in [-0.05, 0) is 12.0 Å². The fourth-order valence-corrected chi connectivity index (χ4v) is 1.06. The minimum Gasteiger partial charge on any atom is -0.103 e. The standard InChI is InChI=1S/C13H15/c1-2-3-4-5-7-10-13-11-8-6-9-12-13/h6,8-9,11-12H,1-4,10H2. The topological polar surface area (TPSA) is 0 Å². The molecule has 0 fully saturated rings. The van der Waals surface area contributed by atoms with Crippen LogP contribution in [0.3, 0.4) is 0 Å². The second kappa shape index (κ2) is 6.31. The van der Waals surface area contributed by atoms with Gasteiger partial charge in [-0.1, -0.05) is 49.6 Å². The summed E-state index contributed by atoms with van der Waals surface area (Å²) < 4.78 is 0. The molecule has 1 rings (SSSR count). The van der Waals surface area contributed by atoms with Gasteiger partial charge in [0, 0.05) is 12.8 Å². The lowest BCUT2D eigenvalue weighted by molar-refractivity contribution is 0.882. The predicted octanol–water partition coefficient (Wildman–Crippen LogP) is 3.24. The summed E-state index contributed by atoms with van der Waals surface area (Å²) in [6.07, 6.45) is 3.95. The molecule has 0 bridgehead atoms. The van der Waals surface area contributed by atoms with Gasteiger partial charge < -0.3 is 0 Å². The van der Waals surface area contributed by atoms with E-state index >= 15 is 0 Å². The Balaban J connectivity index is 2.29. The maximum atomic E-state index is 3.77. The summed E-state index contributed by atoms with van der Waals surface area (Å²) in [5.41, 5.74) is 1.30. The maximum Gasteiger partial charge on any atom is 0.0340 e. The molecule has 1 radical (unpaired) electrons. The van der Waals surface area contributed by atoms with Crippen molar-refractivity contribution < 1.29 is 0 Å². The third-order valence-electron chi connectivity index (χ3n) is 1.81. The zero-order valence-electron chi connectivity index (χ0n) is 7.92. The van der Waals surface area contributed by atoms with Gasteiger partial charge in [0.25, 0.3) is 0 Å². The monoisotopic (exact) mass is 171 g/mol. The smallest absolute Gasteiger partial charge is 0.0340 e. The molecule has 0 heteroatoms. The highest BCUT2D eigenvalue weighted by molar-refractivity contribution is 5.20. The Labute approximate surface area is 81.0 Å². The van der Waals surface area contributed by atoms with Crippen LogP contribution < -0.4 is 0 Å². The number of hydrogen-bond donors (Lipinski definition) is 0. The van der Waals surface area contributed by atoms with Crippen LogP contribution >= 0.6 is 0 Å². The molecule has 0 amide bonds. The van der Waals surface area contributed by atoms with E-state index in [1.54, 1.807) is 0 Å². The summed E-state index contributed by atoms with van der Waals surface area (Å²) in [5, 5.41) is 0. The summed E-state index contributed by atoms with van der Waals surface area (Å²) in [6, 6.07) is 10.3. The first-order chi connectivity index (χ1) is 6.43. The molecule has 0 nitrogen and oxygen atoms in total. The van der Waals surface area contributed by atoms with Crippen molar-refractivity contribution in [3.63, 3.8) is 0 Å². The molecule has 0 atom stereocenters. The normalized spacial score (nSPS) is 9.00. The molecule has 67 valence electrons. The molecule has 0 aromatic heterocycles. The SMILES string of the molecule is [CH2]CCCC#CCc1ccccc1. The van der Waals surface area contributed by atoms with Crippen molar-refractivity contribution in [2.24, 2.45) is 0 Å². The first-order valence-electron chi connectivity index (χ1n) is 4.72. The van der Waals surface area contributed by atoms with E-state index in [4.69, 9.17) is 0 Å². The average Bonchev–Trinajstić information content (AvgIpc) is 2.19. The molecule has 1 aromatic rings. The van der Waals surface area contributed by atoms with Crippen LogP contribution in [0.2, 0.25) is 0 Å². The fraction of sp³-hybridized carbons (Fsp3) is 0.308. The van der Waals surface area contributed by atoms with E-state index in [-0.39, 0.29) is 0 Å². The molecule has 0 heterocycles. The number of hydrogen-bond acceptors (Lipinski definition) is 0. The van der Waals surface area contributed by atoms with Gasteiger partial charge in [0.05, 0.1) is 0 Å². The molecule has 0 aliphatic heterocycles. The van der Waals surface area contributed by atoms with E-state index < -0.39 is 0 Å². The Morgan fingerprint density at radius 2 is 1.85 bits per heavy atom. The van der Waals surface area contributed by atoms with E-state index in [1.807, 2.05) is 18.2 Å². The second-order valence-electron chi connectivity index (χ2n) is 2.97. The van der Waals surface area contributed by atoms with Crippen LogP contribution in [0.4, 0.5) is 0 Å². The van der Waals surface area contributed by atoms with Gasteiger partial charge in [-0.25, -0.2) is 0 Å². The van der Waals surface area contributed by atoms with Crippen LogP contribution in [-0.2, 0) is 6.42 Å².